The molecule has 1 fully saturated rings. The molecule has 0 aromatic heterocycles. The number of carbonyl (C=O) groups excluding carboxylic acids is 3. The summed E-state index contributed by atoms with van der Waals surface area (Å²) >= 11 is 0. The number of rotatable bonds is 8. The summed E-state index contributed by atoms with van der Waals surface area (Å²) < 4.78 is 21.1. The van der Waals surface area contributed by atoms with Crippen LogP contribution in [0.1, 0.15) is 40.5 Å². The lowest BCUT2D eigenvalue weighted by molar-refractivity contribution is -0.131. The van der Waals surface area contributed by atoms with Crippen LogP contribution in [0, 0.1) is 5.92 Å². The van der Waals surface area contributed by atoms with E-state index in [4.69, 9.17) is 18.9 Å². The number of ether oxygens (including phenoxy) is 4. The van der Waals surface area contributed by atoms with Crippen LogP contribution in [0.5, 0.6) is 23.0 Å². The lowest BCUT2D eigenvalue weighted by Gasteiger charge is -2.32. The molecule has 1 N–H and O–H groups in total. The Hall–Kier alpha value is -3.75. The fraction of sp³-hybridized carbons (Fsp3) is 0.400. The summed E-state index contributed by atoms with van der Waals surface area (Å²) in [5.74, 6) is 1.11. The monoisotopic (exact) mass is 470 g/mol. The summed E-state index contributed by atoms with van der Waals surface area (Å²) in [5.41, 5.74) is 0.891. The van der Waals surface area contributed by atoms with Crippen LogP contribution in [-0.4, -0.2) is 63.6 Å². The van der Waals surface area contributed by atoms with Gasteiger partial charge in [0, 0.05) is 37.7 Å². The number of nitrogens with zero attached hydrogens (tertiary/aromatic N) is 1. The molecule has 34 heavy (non-hydrogen) atoms. The molecule has 0 saturated carbocycles. The van der Waals surface area contributed by atoms with Crippen molar-refractivity contribution in [2.45, 2.75) is 19.8 Å². The minimum Gasteiger partial charge on any atom is -0.493 e. The average molecular weight is 471 g/mol. The Labute approximate surface area is 198 Å². The predicted octanol–water partition coefficient (Wildman–Crippen LogP) is 2.92. The second-order valence-corrected chi connectivity index (χ2v) is 7.98. The van der Waals surface area contributed by atoms with Gasteiger partial charge in [-0.25, -0.2) is 0 Å². The number of methoxy groups -OCH3 is 3. The molecule has 2 aromatic rings. The normalized spacial score (nSPS) is 13.7. The molecule has 2 aromatic carbocycles. The quantitative estimate of drug-likeness (QED) is 0.467. The van der Waals surface area contributed by atoms with Gasteiger partial charge in [-0.3, -0.25) is 14.4 Å². The maximum atomic E-state index is 13.1. The molecule has 0 radical (unpaired) electrons. The summed E-state index contributed by atoms with van der Waals surface area (Å²) in [6.07, 6.45) is 1.54. The zero-order chi connectivity index (χ0) is 24.7. The summed E-state index contributed by atoms with van der Waals surface area (Å²) in [5, 5.41) is 2.94. The molecule has 182 valence electrons. The number of carbonyl (C=O) groups is 3. The van der Waals surface area contributed by atoms with Crippen LogP contribution in [0.15, 0.2) is 36.4 Å². The molecule has 0 bridgehead atoms. The van der Waals surface area contributed by atoms with Crippen LogP contribution >= 0.6 is 0 Å². The van der Waals surface area contributed by atoms with Crippen molar-refractivity contribution >= 4 is 17.8 Å². The van der Waals surface area contributed by atoms with Gasteiger partial charge < -0.3 is 29.2 Å². The van der Waals surface area contributed by atoms with E-state index < -0.39 is 5.97 Å². The first kappa shape index (κ1) is 24.9. The Morgan fingerprint density at radius 2 is 1.59 bits per heavy atom. The second kappa shape index (κ2) is 11.4. The van der Waals surface area contributed by atoms with Crippen molar-refractivity contribution < 1.29 is 33.3 Å². The van der Waals surface area contributed by atoms with Crippen molar-refractivity contribution in [3.05, 3.63) is 47.5 Å². The molecule has 1 aliphatic heterocycles. The van der Waals surface area contributed by atoms with Crippen LogP contribution in [0.4, 0.5) is 0 Å². The minimum atomic E-state index is -0.439. The molecular weight excluding hydrogens is 440 g/mol. The summed E-state index contributed by atoms with van der Waals surface area (Å²) in [4.78, 5) is 38.5. The van der Waals surface area contributed by atoms with Crippen molar-refractivity contribution in [2.75, 3.05) is 41.0 Å². The maximum absolute atomic E-state index is 13.1. The van der Waals surface area contributed by atoms with Gasteiger partial charge >= 0.3 is 5.97 Å². The van der Waals surface area contributed by atoms with Crippen LogP contribution in [0.3, 0.4) is 0 Å². The Balaban J connectivity index is 1.55. The fourth-order valence-corrected chi connectivity index (χ4v) is 3.93. The molecule has 9 nitrogen and oxygen atoms in total. The third-order valence-electron chi connectivity index (χ3n) is 5.72. The van der Waals surface area contributed by atoms with Gasteiger partial charge in [0.05, 0.1) is 21.3 Å². The molecule has 2 amide bonds. The Bertz CT molecular complexity index is 1020. The van der Waals surface area contributed by atoms with E-state index in [2.05, 4.69) is 5.32 Å². The van der Waals surface area contributed by atoms with E-state index in [9.17, 15) is 14.4 Å². The number of hydrogen-bond donors (Lipinski definition) is 1. The highest BCUT2D eigenvalue weighted by atomic mass is 16.5. The molecule has 0 atom stereocenters. The number of benzene rings is 2. The second-order valence-electron chi connectivity index (χ2n) is 7.98. The lowest BCUT2D eigenvalue weighted by atomic mass is 9.96. The topological polar surface area (TPSA) is 103 Å². The first-order valence-corrected chi connectivity index (χ1v) is 11.0. The first-order valence-electron chi connectivity index (χ1n) is 11.0. The summed E-state index contributed by atoms with van der Waals surface area (Å²) in [6.45, 7) is 2.98. The molecule has 1 heterocycles. The number of esters is 1. The van der Waals surface area contributed by atoms with Crippen molar-refractivity contribution in [3.8, 4) is 23.0 Å². The maximum Gasteiger partial charge on any atom is 0.308 e. The van der Waals surface area contributed by atoms with E-state index in [-0.39, 0.29) is 17.7 Å². The largest absolute Gasteiger partial charge is 0.493 e. The van der Waals surface area contributed by atoms with E-state index in [1.807, 2.05) is 0 Å². The molecule has 0 spiro atoms. The average Bonchev–Trinajstić information content (AvgIpc) is 2.85. The van der Waals surface area contributed by atoms with Gasteiger partial charge in [-0.15, -0.1) is 0 Å². The van der Waals surface area contributed by atoms with E-state index in [1.165, 1.54) is 34.3 Å². The number of hydrogen-bond acceptors (Lipinski definition) is 7. The zero-order valence-electron chi connectivity index (χ0n) is 19.9. The van der Waals surface area contributed by atoms with E-state index in [0.29, 0.717) is 53.8 Å². The summed E-state index contributed by atoms with van der Waals surface area (Å²) in [7, 11) is 4.54. The van der Waals surface area contributed by atoms with Crippen molar-refractivity contribution in [3.63, 3.8) is 0 Å². The molecular formula is C25H30N2O7. The third-order valence-corrected chi connectivity index (χ3v) is 5.72. The Kier molecular flexibility index (Phi) is 8.34. The molecule has 0 aliphatic carbocycles. The summed E-state index contributed by atoms with van der Waals surface area (Å²) in [6, 6.07) is 9.80. The predicted molar refractivity (Wildman–Crippen MR) is 125 cm³/mol. The number of nitrogens with one attached hydrogen (secondary N) is 1. The third kappa shape index (κ3) is 5.98. The Morgan fingerprint density at radius 3 is 2.15 bits per heavy atom. The van der Waals surface area contributed by atoms with E-state index in [0.717, 1.165) is 12.8 Å². The van der Waals surface area contributed by atoms with Gasteiger partial charge in [-0.2, -0.15) is 0 Å². The molecule has 0 unspecified atom stereocenters. The zero-order valence-corrected chi connectivity index (χ0v) is 19.9. The van der Waals surface area contributed by atoms with Crippen LogP contribution in [0.25, 0.3) is 0 Å². The first-order chi connectivity index (χ1) is 16.4. The number of amides is 2. The van der Waals surface area contributed by atoms with Crippen LogP contribution in [0.2, 0.25) is 0 Å². The van der Waals surface area contributed by atoms with Gasteiger partial charge in [0.2, 0.25) is 5.75 Å². The van der Waals surface area contributed by atoms with E-state index in [1.54, 1.807) is 35.2 Å². The molecule has 1 aliphatic rings. The smallest absolute Gasteiger partial charge is 0.308 e. The van der Waals surface area contributed by atoms with Crippen molar-refractivity contribution in [1.82, 2.24) is 10.2 Å². The van der Waals surface area contributed by atoms with Crippen molar-refractivity contribution in [1.29, 1.82) is 0 Å². The van der Waals surface area contributed by atoms with Gasteiger partial charge in [-0.05, 0) is 49.1 Å². The van der Waals surface area contributed by atoms with E-state index >= 15 is 0 Å². The van der Waals surface area contributed by atoms with Gasteiger partial charge in [0.15, 0.2) is 11.5 Å². The highest BCUT2D eigenvalue weighted by Gasteiger charge is 2.26. The molecule has 3 rings (SSSR count). The standard InChI is InChI=1S/C25H30N2O7/c1-16(28)34-20-7-5-6-18(12-20)24(29)26-15-17-8-10-27(11-9-17)25(30)19-13-21(31-2)23(33-4)22(14-19)32-3/h5-7,12-14,17H,8-11,15H2,1-4H3,(H,26,29). The van der Waals surface area contributed by atoms with Gasteiger partial charge in [-0.1, -0.05) is 6.07 Å². The molecule has 9 heteroatoms. The number of likely N-dealkylation sites (tertiary alicyclic amines) is 1. The molecule has 1 saturated heterocycles. The van der Waals surface area contributed by atoms with Crippen LogP contribution in [-0.2, 0) is 4.79 Å². The SMILES string of the molecule is COc1cc(C(=O)N2CCC(CNC(=O)c3cccc(OC(C)=O)c3)CC2)cc(OC)c1OC. The van der Waals surface area contributed by atoms with Gasteiger partial charge in [0.25, 0.3) is 11.8 Å². The Morgan fingerprint density at radius 1 is 0.941 bits per heavy atom. The highest BCUT2D eigenvalue weighted by Crippen LogP contribution is 2.38. The fourth-order valence-electron chi connectivity index (χ4n) is 3.93. The lowest BCUT2D eigenvalue weighted by Crippen LogP contribution is -2.41. The van der Waals surface area contributed by atoms with Crippen molar-refractivity contribution in [2.24, 2.45) is 5.92 Å². The highest BCUT2D eigenvalue weighted by molar-refractivity contribution is 5.96. The number of piperidine rings is 1. The van der Waals surface area contributed by atoms with Crippen LogP contribution < -0.4 is 24.3 Å². The minimum absolute atomic E-state index is 0.107. The van der Waals surface area contributed by atoms with Gasteiger partial charge in [0.1, 0.15) is 5.75 Å².